The first-order chi connectivity index (χ1) is 17.3. The molecule has 1 aromatic carbocycles. The maximum absolute atomic E-state index is 12.9. The highest BCUT2D eigenvalue weighted by molar-refractivity contribution is 8.02. The number of nitrogens with one attached hydrogen (secondary N) is 1. The lowest BCUT2D eigenvalue weighted by Crippen LogP contribution is -2.61. The quantitative estimate of drug-likeness (QED) is 0.161. The highest BCUT2D eigenvalue weighted by atomic mass is 32.2. The van der Waals surface area contributed by atoms with E-state index in [0.717, 1.165) is 20.8 Å². The van der Waals surface area contributed by atoms with Gasteiger partial charge in [0.15, 0.2) is 14.3 Å². The lowest BCUT2D eigenvalue weighted by atomic mass is 9.98. The van der Waals surface area contributed by atoms with Crippen LogP contribution in [0, 0.1) is 0 Å². The van der Waals surface area contributed by atoms with E-state index in [1.54, 1.807) is 5.38 Å². The molecule has 1 saturated heterocycles. The molecular formula is C21H18N6O5S4. The number of aromatic nitrogens is 2. The Kier molecular flexibility index (Phi) is 6.63. The first-order valence-electron chi connectivity index (χ1n) is 10.4. The zero-order valence-corrected chi connectivity index (χ0v) is 21.8. The number of carboxylic acids is 1. The molecule has 4 N–H and O–H groups in total. The van der Waals surface area contributed by atoms with Crippen molar-refractivity contribution < 1.29 is 24.3 Å². The molecule has 1 unspecified atom stereocenters. The van der Waals surface area contributed by atoms with E-state index in [9.17, 15) is 19.5 Å². The maximum Gasteiger partial charge on any atom is 0.352 e. The van der Waals surface area contributed by atoms with Crippen molar-refractivity contribution in [3.63, 3.8) is 0 Å². The summed E-state index contributed by atoms with van der Waals surface area (Å²) in [5.74, 6) is -2.08. The van der Waals surface area contributed by atoms with E-state index in [-0.39, 0.29) is 34.5 Å². The number of amides is 2. The number of anilines is 1. The number of thiazole rings is 2. The highest BCUT2D eigenvalue weighted by Crippen LogP contribution is 2.55. The number of rotatable bonds is 8. The molecule has 4 heterocycles. The van der Waals surface area contributed by atoms with Gasteiger partial charge in [-0.05, 0) is 12.1 Å². The standard InChI is InChI=1S/C21H18N6O5S4/c1-32-23-7-14(28)26-21(13-9-33-19(22)25-13)10(17(18(30)31)27-15(29)6-16(27)36-21)8-34-20-24-11-4-2-3-5-12(11)35-20/h2-5,7,9,16H,6,8H2,1H3,(H2,22,25)(H,26,28)(H,30,31)/t16-,21?/m0/s1. The number of carbonyl (C=O) groups excluding carboxylic acids is 2. The van der Waals surface area contributed by atoms with Crippen molar-refractivity contribution in [3.05, 3.63) is 46.6 Å². The maximum atomic E-state index is 12.9. The summed E-state index contributed by atoms with van der Waals surface area (Å²) in [5, 5.41) is 18.1. The molecule has 15 heteroatoms. The highest BCUT2D eigenvalue weighted by Gasteiger charge is 2.56. The average Bonchev–Trinajstić information content (AvgIpc) is 3.47. The van der Waals surface area contributed by atoms with E-state index in [1.807, 2.05) is 24.3 Å². The van der Waals surface area contributed by atoms with Crippen molar-refractivity contribution in [1.82, 2.24) is 20.2 Å². The molecule has 2 aromatic heterocycles. The second-order valence-corrected chi connectivity index (χ2v) is 12.1. The number of thioether (sulfide) groups is 2. The molecule has 11 nitrogen and oxygen atoms in total. The van der Waals surface area contributed by atoms with Gasteiger partial charge in [-0.25, -0.2) is 14.8 Å². The van der Waals surface area contributed by atoms with Crippen LogP contribution in [-0.2, 0) is 24.1 Å². The fraction of sp³-hybridized carbons (Fsp3) is 0.238. The molecule has 0 saturated carbocycles. The van der Waals surface area contributed by atoms with E-state index in [4.69, 9.17) is 5.73 Å². The van der Waals surface area contributed by atoms with Crippen LogP contribution in [0.1, 0.15) is 12.1 Å². The molecule has 186 valence electrons. The largest absolute Gasteiger partial charge is 0.477 e. The van der Waals surface area contributed by atoms with Gasteiger partial charge in [0.1, 0.15) is 19.0 Å². The first-order valence-corrected chi connectivity index (χ1v) is 13.9. The van der Waals surface area contributed by atoms with E-state index >= 15 is 0 Å². The number of nitrogen functional groups attached to an aromatic ring is 1. The molecule has 2 amide bonds. The fourth-order valence-electron chi connectivity index (χ4n) is 3.93. The Morgan fingerprint density at radius 2 is 2.22 bits per heavy atom. The Hall–Kier alpha value is -3.14. The summed E-state index contributed by atoms with van der Waals surface area (Å²) in [6.45, 7) is 0. The second kappa shape index (κ2) is 9.72. The first kappa shape index (κ1) is 24.5. The zero-order chi connectivity index (χ0) is 25.4. The Morgan fingerprint density at radius 1 is 1.42 bits per heavy atom. The number of β-lactam (4-membered cyclic amide) rings is 1. The number of carbonyl (C=O) groups is 3. The van der Waals surface area contributed by atoms with Gasteiger partial charge in [-0.3, -0.25) is 14.5 Å². The van der Waals surface area contributed by atoms with Crippen molar-refractivity contribution >= 4 is 85.5 Å². The Balaban J connectivity index is 1.63. The number of nitrogens with two attached hydrogens (primary N) is 1. The normalized spacial score (nSPS) is 21.5. The molecule has 5 rings (SSSR count). The lowest BCUT2D eigenvalue weighted by molar-refractivity contribution is -0.146. The minimum Gasteiger partial charge on any atom is -0.477 e. The molecule has 0 aliphatic carbocycles. The summed E-state index contributed by atoms with van der Waals surface area (Å²) in [7, 11) is 1.30. The third-order valence-corrected chi connectivity index (χ3v) is 9.88. The smallest absolute Gasteiger partial charge is 0.352 e. The number of para-hydroxylation sites is 1. The van der Waals surface area contributed by atoms with Crippen LogP contribution < -0.4 is 11.1 Å². The number of aliphatic carboxylic acids is 1. The molecular weight excluding hydrogens is 545 g/mol. The van der Waals surface area contributed by atoms with Crippen LogP contribution in [0.3, 0.4) is 0 Å². The van der Waals surface area contributed by atoms with Crippen LogP contribution in [0.15, 0.2) is 50.4 Å². The fourth-order valence-corrected chi connectivity index (χ4v) is 8.53. The van der Waals surface area contributed by atoms with Crippen molar-refractivity contribution in [2.45, 2.75) is 21.0 Å². The number of hydrogen-bond acceptors (Lipinski definition) is 12. The number of carboxylic acid groups (broad SMARTS) is 1. The minimum absolute atomic E-state index is 0.115. The van der Waals surface area contributed by atoms with Gasteiger partial charge in [-0.2, -0.15) is 0 Å². The van der Waals surface area contributed by atoms with Gasteiger partial charge in [0.25, 0.3) is 5.91 Å². The molecule has 2 atom stereocenters. The summed E-state index contributed by atoms with van der Waals surface area (Å²) < 4.78 is 1.71. The van der Waals surface area contributed by atoms with Gasteiger partial charge < -0.3 is 21.0 Å². The summed E-state index contributed by atoms with van der Waals surface area (Å²) >= 11 is 5.20. The number of benzene rings is 1. The van der Waals surface area contributed by atoms with Gasteiger partial charge in [-0.15, -0.1) is 22.7 Å². The van der Waals surface area contributed by atoms with Crippen LogP contribution in [0.4, 0.5) is 5.13 Å². The lowest BCUT2D eigenvalue weighted by Gasteiger charge is -2.51. The van der Waals surface area contributed by atoms with Crippen LogP contribution in [0.5, 0.6) is 0 Å². The molecule has 0 bridgehead atoms. The van der Waals surface area contributed by atoms with Crippen LogP contribution >= 0.6 is 46.2 Å². The number of oxime groups is 1. The van der Waals surface area contributed by atoms with E-state index < -0.39 is 22.1 Å². The van der Waals surface area contributed by atoms with Gasteiger partial charge in [0.2, 0.25) is 5.91 Å². The Bertz CT molecular complexity index is 1400. The van der Waals surface area contributed by atoms with Gasteiger partial charge >= 0.3 is 5.97 Å². The third-order valence-electron chi connectivity index (χ3n) is 5.44. The number of hydrogen-bond donors (Lipinski definition) is 3. The van der Waals surface area contributed by atoms with E-state index in [0.29, 0.717) is 5.69 Å². The van der Waals surface area contributed by atoms with Gasteiger partial charge in [-0.1, -0.05) is 40.8 Å². The number of nitrogens with zero attached hydrogens (tertiary/aromatic N) is 4. The predicted octanol–water partition coefficient (Wildman–Crippen LogP) is 2.67. The molecule has 36 heavy (non-hydrogen) atoms. The Morgan fingerprint density at radius 3 is 2.89 bits per heavy atom. The summed E-state index contributed by atoms with van der Waals surface area (Å²) in [6.07, 6.45) is 1.08. The third kappa shape index (κ3) is 4.31. The molecule has 0 spiro atoms. The topological polar surface area (TPSA) is 160 Å². The summed E-state index contributed by atoms with van der Waals surface area (Å²) in [4.78, 5) is 51.4. The van der Waals surface area contributed by atoms with Crippen molar-refractivity contribution in [2.24, 2.45) is 5.16 Å². The average molecular weight is 563 g/mol. The minimum atomic E-state index is -1.41. The Labute approximate surface area is 220 Å². The van der Waals surface area contributed by atoms with Crippen molar-refractivity contribution in [3.8, 4) is 0 Å². The summed E-state index contributed by atoms with van der Waals surface area (Å²) in [5.41, 5.74) is 7.24. The zero-order valence-electron chi connectivity index (χ0n) is 18.5. The molecule has 3 aromatic rings. The van der Waals surface area contributed by atoms with Crippen LogP contribution in [0.25, 0.3) is 10.2 Å². The van der Waals surface area contributed by atoms with Crippen molar-refractivity contribution in [2.75, 3.05) is 18.6 Å². The molecule has 0 radical (unpaired) electrons. The molecule has 1 fully saturated rings. The molecule has 2 aliphatic rings. The predicted molar refractivity (Wildman–Crippen MR) is 140 cm³/mol. The van der Waals surface area contributed by atoms with E-state index in [1.165, 1.54) is 58.2 Å². The van der Waals surface area contributed by atoms with Gasteiger partial charge in [0, 0.05) is 16.7 Å². The van der Waals surface area contributed by atoms with E-state index in [2.05, 4.69) is 25.3 Å². The van der Waals surface area contributed by atoms with Crippen molar-refractivity contribution in [1.29, 1.82) is 0 Å². The second-order valence-electron chi connectivity index (χ2n) is 7.57. The molecule has 2 aliphatic heterocycles. The van der Waals surface area contributed by atoms with Crippen LogP contribution in [0.2, 0.25) is 0 Å². The SMILES string of the molecule is CON=CC(=O)NC1(c2csc(N)n2)S[C@H]2CC(=O)N2C(C(=O)O)=C1CSc1nc2ccccc2s1. The van der Waals surface area contributed by atoms with Crippen LogP contribution in [-0.4, -0.2) is 62.2 Å². The van der Waals surface area contributed by atoms with Gasteiger partial charge in [0.05, 0.1) is 27.7 Å². The monoisotopic (exact) mass is 562 g/mol. The number of fused-ring (bicyclic) bond motifs is 2. The summed E-state index contributed by atoms with van der Waals surface area (Å²) in [6, 6.07) is 7.66.